The predicted octanol–water partition coefficient (Wildman–Crippen LogP) is 2.27. The zero-order valence-electron chi connectivity index (χ0n) is 7.81. The highest BCUT2D eigenvalue weighted by Crippen LogP contribution is 2.19. The highest BCUT2D eigenvalue weighted by molar-refractivity contribution is 9.10. The third kappa shape index (κ3) is 3.33. The molecule has 0 amide bonds. The summed E-state index contributed by atoms with van der Waals surface area (Å²) in [6.45, 7) is 1.19. The van der Waals surface area contributed by atoms with Crippen molar-refractivity contribution in [3.8, 4) is 0 Å². The lowest BCUT2D eigenvalue weighted by molar-refractivity contribution is -0.136. The van der Waals surface area contributed by atoms with Gasteiger partial charge < -0.3 is 0 Å². The van der Waals surface area contributed by atoms with E-state index in [1.165, 1.54) is 0 Å². The molecule has 0 unspecified atom stereocenters. The average molecular weight is 285 g/mol. The van der Waals surface area contributed by atoms with Crippen LogP contribution in [0.4, 0.5) is 13.2 Å². The van der Waals surface area contributed by atoms with Crippen LogP contribution in [0.1, 0.15) is 12.1 Å². The second-order valence-electron chi connectivity index (χ2n) is 3.01. The zero-order valence-corrected chi connectivity index (χ0v) is 9.39. The topological polar surface area (TPSA) is 34.9 Å². The van der Waals surface area contributed by atoms with Crippen molar-refractivity contribution in [2.45, 2.75) is 26.1 Å². The van der Waals surface area contributed by atoms with Crippen LogP contribution < -0.4 is 5.56 Å². The molecule has 0 aliphatic rings. The molecule has 3 nitrogen and oxygen atoms in total. The van der Waals surface area contributed by atoms with Gasteiger partial charge in [0.15, 0.2) is 0 Å². The van der Waals surface area contributed by atoms with E-state index in [1.807, 2.05) is 0 Å². The largest absolute Gasteiger partial charge is 0.390 e. The number of aryl methyl sites for hydroxylation is 2. The first kappa shape index (κ1) is 12.2. The standard InChI is InChI=1S/C8H8BrF3N2O/c1-5-6(9)7(15)14(4-13-5)3-2-8(10,11)12/h4H,2-3H2,1H3. The Labute approximate surface area is 92.1 Å². The molecule has 15 heavy (non-hydrogen) atoms. The highest BCUT2D eigenvalue weighted by atomic mass is 79.9. The third-order valence-corrected chi connectivity index (χ3v) is 2.71. The van der Waals surface area contributed by atoms with Gasteiger partial charge in [-0.25, -0.2) is 4.98 Å². The molecule has 7 heteroatoms. The molecule has 1 aromatic rings. The number of rotatable bonds is 2. The van der Waals surface area contributed by atoms with Crippen LogP contribution in [0.2, 0.25) is 0 Å². The Kier molecular flexibility index (Phi) is 3.54. The van der Waals surface area contributed by atoms with E-state index in [0.717, 1.165) is 10.9 Å². The van der Waals surface area contributed by atoms with Gasteiger partial charge in [-0.15, -0.1) is 0 Å². The molecule has 84 valence electrons. The van der Waals surface area contributed by atoms with Gasteiger partial charge in [0.25, 0.3) is 5.56 Å². The van der Waals surface area contributed by atoms with Crippen LogP contribution in [-0.2, 0) is 6.54 Å². The van der Waals surface area contributed by atoms with Gasteiger partial charge in [-0.3, -0.25) is 9.36 Å². The summed E-state index contributed by atoms with van der Waals surface area (Å²) < 4.78 is 36.9. The zero-order chi connectivity index (χ0) is 11.6. The van der Waals surface area contributed by atoms with Gasteiger partial charge in [-0.05, 0) is 22.9 Å². The van der Waals surface area contributed by atoms with Crippen LogP contribution in [0.25, 0.3) is 0 Å². The second-order valence-corrected chi connectivity index (χ2v) is 3.80. The van der Waals surface area contributed by atoms with Crippen molar-refractivity contribution in [3.63, 3.8) is 0 Å². The Morgan fingerprint density at radius 2 is 2.13 bits per heavy atom. The van der Waals surface area contributed by atoms with Gasteiger partial charge in [-0.2, -0.15) is 13.2 Å². The van der Waals surface area contributed by atoms with E-state index in [4.69, 9.17) is 0 Å². The maximum absolute atomic E-state index is 11.9. The van der Waals surface area contributed by atoms with E-state index >= 15 is 0 Å². The maximum Gasteiger partial charge on any atom is 0.390 e. The molecule has 1 heterocycles. The Morgan fingerprint density at radius 1 is 1.53 bits per heavy atom. The first-order chi connectivity index (χ1) is 6.81. The van der Waals surface area contributed by atoms with Crippen molar-refractivity contribution < 1.29 is 13.2 Å². The van der Waals surface area contributed by atoms with Crippen molar-refractivity contribution in [2.75, 3.05) is 0 Å². The summed E-state index contributed by atoms with van der Waals surface area (Å²) in [5, 5.41) is 0. The predicted molar refractivity (Wildman–Crippen MR) is 51.6 cm³/mol. The molecular formula is C8H8BrF3N2O. The summed E-state index contributed by atoms with van der Waals surface area (Å²) in [6.07, 6.45) is -4.19. The monoisotopic (exact) mass is 284 g/mol. The molecule has 0 radical (unpaired) electrons. The van der Waals surface area contributed by atoms with E-state index in [9.17, 15) is 18.0 Å². The molecule has 0 saturated carbocycles. The number of hydrogen-bond acceptors (Lipinski definition) is 2. The molecule has 0 atom stereocenters. The van der Waals surface area contributed by atoms with E-state index in [-0.39, 0.29) is 4.47 Å². The van der Waals surface area contributed by atoms with Crippen LogP contribution in [0.3, 0.4) is 0 Å². The summed E-state index contributed by atoms with van der Waals surface area (Å²) in [5.41, 5.74) is -0.0324. The number of alkyl halides is 3. The number of aromatic nitrogens is 2. The second kappa shape index (κ2) is 4.34. The minimum atomic E-state index is -4.27. The molecule has 0 aliphatic carbocycles. The number of hydrogen-bond donors (Lipinski definition) is 0. The SMILES string of the molecule is Cc1ncn(CCC(F)(F)F)c(=O)c1Br. The average Bonchev–Trinajstić information content (AvgIpc) is 2.12. The van der Waals surface area contributed by atoms with Crippen LogP contribution in [0, 0.1) is 6.92 Å². The van der Waals surface area contributed by atoms with E-state index in [1.54, 1.807) is 6.92 Å². The molecule has 1 rings (SSSR count). The summed E-state index contributed by atoms with van der Waals surface area (Å²) in [4.78, 5) is 15.2. The van der Waals surface area contributed by atoms with Crippen LogP contribution in [0.15, 0.2) is 15.6 Å². The smallest absolute Gasteiger partial charge is 0.298 e. The minimum absolute atomic E-state index is 0.201. The normalized spacial score (nSPS) is 11.8. The van der Waals surface area contributed by atoms with Gasteiger partial charge in [0, 0.05) is 6.54 Å². The van der Waals surface area contributed by atoms with Crippen molar-refractivity contribution in [3.05, 3.63) is 26.8 Å². The number of halogens is 4. The molecule has 0 fully saturated rings. The van der Waals surface area contributed by atoms with Gasteiger partial charge >= 0.3 is 6.18 Å². The molecule has 0 bridgehead atoms. The van der Waals surface area contributed by atoms with Crippen LogP contribution >= 0.6 is 15.9 Å². The van der Waals surface area contributed by atoms with Crippen molar-refractivity contribution >= 4 is 15.9 Å². The fourth-order valence-electron chi connectivity index (χ4n) is 0.953. The van der Waals surface area contributed by atoms with E-state index < -0.39 is 24.7 Å². The summed E-state index contributed by atoms with van der Waals surface area (Å²) >= 11 is 2.97. The van der Waals surface area contributed by atoms with Gasteiger partial charge in [0.2, 0.25) is 0 Å². The quantitative estimate of drug-likeness (QED) is 0.835. The van der Waals surface area contributed by atoms with E-state index in [0.29, 0.717) is 5.69 Å². The molecule has 0 saturated heterocycles. The molecule has 0 spiro atoms. The van der Waals surface area contributed by atoms with Crippen molar-refractivity contribution in [1.82, 2.24) is 9.55 Å². The molecular weight excluding hydrogens is 277 g/mol. The van der Waals surface area contributed by atoms with Gasteiger partial charge in [0.05, 0.1) is 18.4 Å². The first-order valence-electron chi connectivity index (χ1n) is 4.09. The summed E-state index contributed by atoms with van der Waals surface area (Å²) in [5.74, 6) is 0. The molecule has 0 aromatic carbocycles. The van der Waals surface area contributed by atoms with Gasteiger partial charge in [0.1, 0.15) is 4.47 Å². The van der Waals surface area contributed by atoms with Crippen molar-refractivity contribution in [2.24, 2.45) is 0 Å². The van der Waals surface area contributed by atoms with Crippen LogP contribution in [-0.4, -0.2) is 15.7 Å². The Morgan fingerprint density at radius 3 is 2.67 bits per heavy atom. The molecule has 1 aromatic heterocycles. The number of nitrogens with zero attached hydrogens (tertiary/aromatic N) is 2. The van der Waals surface area contributed by atoms with Crippen LogP contribution in [0.5, 0.6) is 0 Å². The van der Waals surface area contributed by atoms with Crippen molar-refractivity contribution in [1.29, 1.82) is 0 Å². The maximum atomic E-state index is 11.9. The Balaban J connectivity index is 2.89. The fourth-order valence-corrected chi connectivity index (χ4v) is 1.28. The minimum Gasteiger partial charge on any atom is -0.298 e. The molecule has 0 aliphatic heterocycles. The fraction of sp³-hybridized carbons (Fsp3) is 0.500. The lowest BCUT2D eigenvalue weighted by atomic mass is 10.4. The lowest BCUT2D eigenvalue weighted by Crippen LogP contribution is -2.24. The Bertz CT molecular complexity index is 413. The third-order valence-electron chi connectivity index (χ3n) is 1.79. The Hall–Kier alpha value is -0.850. The first-order valence-corrected chi connectivity index (χ1v) is 4.89. The summed E-state index contributed by atoms with van der Waals surface area (Å²) in [7, 11) is 0. The summed E-state index contributed by atoms with van der Waals surface area (Å²) in [6, 6.07) is 0. The van der Waals surface area contributed by atoms with Gasteiger partial charge in [-0.1, -0.05) is 0 Å². The van der Waals surface area contributed by atoms with E-state index in [2.05, 4.69) is 20.9 Å². The molecule has 0 N–H and O–H groups in total. The lowest BCUT2D eigenvalue weighted by Gasteiger charge is -2.08. The highest BCUT2D eigenvalue weighted by Gasteiger charge is 2.26.